The molecule has 0 aliphatic carbocycles. The SMILES string of the molecule is CCc1cc(Br)cc(OC)c1C(=O)O. The molecule has 0 spiro atoms. The summed E-state index contributed by atoms with van der Waals surface area (Å²) in [4.78, 5) is 11.0. The Balaban J connectivity index is 3.40. The normalized spacial score (nSPS) is 9.93. The van der Waals surface area contributed by atoms with Gasteiger partial charge >= 0.3 is 5.97 Å². The number of hydrogen-bond donors (Lipinski definition) is 1. The molecule has 0 aliphatic heterocycles. The topological polar surface area (TPSA) is 46.5 Å². The summed E-state index contributed by atoms with van der Waals surface area (Å²) in [6.45, 7) is 1.91. The van der Waals surface area contributed by atoms with Gasteiger partial charge in [0.2, 0.25) is 0 Å². The number of aryl methyl sites for hydroxylation is 1. The largest absolute Gasteiger partial charge is 0.496 e. The lowest BCUT2D eigenvalue weighted by molar-refractivity contribution is 0.0692. The van der Waals surface area contributed by atoms with Gasteiger partial charge in [-0.3, -0.25) is 0 Å². The maximum Gasteiger partial charge on any atom is 0.339 e. The summed E-state index contributed by atoms with van der Waals surface area (Å²) in [5.74, 6) is -0.560. The average Bonchev–Trinajstić information content (AvgIpc) is 2.15. The van der Waals surface area contributed by atoms with Gasteiger partial charge in [-0.05, 0) is 24.1 Å². The summed E-state index contributed by atoms with van der Waals surface area (Å²) in [5, 5.41) is 9.00. The molecule has 0 amide bonds. The Morgan fingerprint density at radius 2 is 2.21 bits per heavy atom. The van der Waals surface area contributed by atoms with Crippen LogP contribution in [0.4, 0.5) is 0 Å². The van der Waals surface area contributed by atoms with Crippen LogP contribution in [0.1, 0.15) is 22.8 Å². The third-order valence-corrected chi connectivity index (χ3v) is 2.42. The molecule has 0 aliphatic rings. The lowest BCUT2D eigenvalue weighted by Gasteiger charge is -2.09. The highest BCUT2D eigenvalue weighted by molar-refractivity contribution is 9.10. The molecule has 0 bridgehead atoms. The molecule has 0 atom stereocenters. The molecule has 0 saturated heterocycles. The Morgan fingerprint density at radius 1 is 1.57 bits per heavy atom. The fourth-order valence-electron chi connectivity index (χ4n) is 1.32. The standard InChI is InChI=1S/C10H11BrO3/c1-3-6-4-7(11)5-8(14-2)9(6)10(12)13/h4-5H,3H2,1-2H3,(H,12,13). The van der Waals surface area contributed by atoms with Crippen LogP contribution in [0.2, 0.25) is 0 Å². The maximum atomic E-state index is 11.0. The van der Waals surface area contributed by atoms with Crippen LogP contribution in [0.15, 0.2) is 16.6 Å². The van der Waals surface area contributed by atoms with E-state index in [-0.39, 0.29) is 5.56 Å². The van der Waals surface area contributed by atoms with E-state index in [9.17, 15) is 4.79 Å². The Hall–Kier alpha value is -1.03. The maximum absolute atomic E-state index is 11.0. The van der Waals surface area contributed by atoms with Gasteiger partial charge in [0.1, 0.15) is 11.3 Å². The number of hydrogen-bond acceptors (Lipinski definition) is 2. The second kappa shape index (κ2) is 4.46. The molecule has 1 rings (SSSR count). The number of carboxylic acids is 1. The van der Waals surface area contributed by atoms with Crippen molar-refractivity contribution in [2.45, 2.75) is 13.3 Å². The highest BCUT2D eigenvalue weighted by atomic mass is 79.9. The zero-order chi connectivity index (χ0) is 10.7. The van der Waals surface area contributed by atoms with Gasteiger partial charge in [0, 0.05) is 4.47 Å². The summed E-state index contributed by atoms with van der Waals surface area (Å²) >= 11 is 3.30. The third kappa shape index (κ3) is 2.07. The van der Waals surface area contributed by atoms with Crippen molar-refractivity contribution < 1.29 is 14.6 Å². The number of methoxy groups -OCH3 is 1. The Bertz CT molecular complexity index is 335. The van der Waals surface area contributed by atoms with E-state index in [2.05, 4.69) is 15.9 Å². The van der Waals surface area contributed by atoms with Crippen molar-refractivity contribution >= 4 is 21.9 Å². The van der Waals surface area contributed by atoms with Gasteiger partial charge in [-0.2, -0.15) is 0 Å². The first-order valence-corrected chi connectivity index (χ1v) is 4.99. The number of benzene rings is 1. The number of rotatable bonds is 3. The van der Waals surface area contributed by atoms with Gasteiger partial charge < -0.3 is 9.84 Å². The van der Waals surface area contributed by atoms with Crippen LogP contribution >= 0.6 is 15.9 Å². The van der Waals surface area contributed by atoms with E-state index in [4.69, 9.17) is 9.84 Å². The lowest BCUT2D eigenvalue weighted by Crippen LogP contribution is -2.05. The molecular weight excluding hydrogens is 248 g/mol. The van der Waals surface area contributed by atoms with Crippen LogP contribution in [0.5, 0.6) is 5.75 Å². The van der Waals surface area contributed by atoms with Crippen molar-refractivity contribution in [3.8, 4) is 5.75 Å². The van der Waals surface area contributed by atoms with E-state index in [0.29, 0.717) is 12.2 Å². The minimum absolute atomic E-state index is 0.248. The smallest absolute Gasteiger partial charge is 0.339 e. The molecule has 76 valence electrons. The second-order valence-corrected chi connectivity index (χ2v) is 3.72. The highest BCUT2D eigenvalue weighted by Gasteiger charge is 2.16. The highest BCUT2D eigenvalue weighted by Crippen LogP contribution is 2.27. The van der Waals surface area contributed by atoms with E-state index in [0.717, 1.165) is 10.0 Å². The second-order valence-electron chi connectivity index (χ2n) is 2.80. The fourth-order valence-corrected chi connectivity index (χ4v) is 1.80. The predicted octanol–water partition coefficient (Wildman–Crippen LogP) is 2.72. The molecule has 1 N–H and O–H groups in total. The van der Waals surface area contributed by atoms with Crippen LogP contribution in [0, 0.1) is 0 Å². The van der Waals surface area contributed by atoms with Crippen LogP contribution in [-0.2, 0) is 6.42 Å². The summed E-state index contributed by atoms with van der Waals surface area (Å²) in [5.41, 5.74) is 1.02. The van der Waals surface area contributed by atoms with Crippen LogP contribution in [0.3, 0.4) is 0 Å². The number of aromatic carboxylic acids is 1. The third-order valence-electron chi connectivity index (χ3n) is 1.96. The van der Waals surface area contributed by atoms with E-state index < -0.39 is 5.97 Å². The van der Waals surface area contributed by atoms with Gasteiger partial charge in [-0.25, -0.2) is 4.79 Å². The molecule has 0 aromatic heterocycles. The summed E-state index contributed by atoms with van der Waals surface area (Å²) in [6.07, 6.45) is 0.664. The van der Waals surface area contributed by atoms with Crippen molar-refractivity contribution in [1.82, 2.24) is 0 Å². The van der Waals surface area contributed by atoms with Gasteiger partial charge in [-0.1, -0.05) is 22.9 Å². The minimum atomic E-state index is -0.953. The van der Waals surface area contributed by atoms with Crippen molar-refractivity contribution in [2.75, 3.05) is 7.11 Å². The van der Waals surface area contributed by atoms with Gasteiger partial charge in [-0.15, -0.1) is 0 Å². The Morgan fingerprint density at radius 3 is 2.64 bits per heavy atom. The van der Waals surface area contributed by atoms with Crippen molar-refractivity contribution in [3.05, 3.63) is 27.7 Å². The van der Waals surface area contributed by atoms with Gasteiger partial charge in [0.05, 0.1) is 7.11 Å². The van der Waals surface area contributed by atoms with Gasteiger partial charge in [0.15, 0.2) is 0 Å². The van der Waals surface area contributed by atoms with Crippen molar-refractivity contribution in [3.63, 3.8) is 0 Å². The number of halogens is 1. The monoisotopic (exact) mass is 258 g/mol. The molecule has 0 heterocycles. The minimum Gasteiger partial charge on any atom is -0.496 e. The molecule has 1 aromatic carbocycles. The zero-order valence-corrected chi connectivity index (χ0v) is 9.59. The Kier molecular flexibility index (Phi) is 3.52. The predicted molar refractivity (Wildman–Crippen MR) is 57.0 cm³/mol. The first kappa shape index (κ1) is 11.0. The molecule has 0 fully saturated rings. The van der Waals surface area contributed by atoms with Crippen LogP contribution in [-0.4, -0.2) is 18.2 Å². The van der Waals surface area contributed by atoms with Crippen LogP contribution < -0.4 is 4.74 Å². The van der Waals surface area contributed by atoms with E-state index in [1.165, 1.54) is 7.11 Å². The van der Waals surface area contributed by atoms with Crippen molar-refractivity contribution in [1.29, 1.82) is 0 Å². The summed E-state index contributed by atoms with van der Waals surface area (Å²) in [7, 11) is 1.47. The molecule has 0 unspecified atom stereocenters. The number of carboxylic acid groups (broad SMARTS) is 1. The Labute approximate surface area is 90.8 Å². The van der Waals surface area contributed by atoms with Crippen molar-refractivity contribution in [2.24, 2.45) is 0 Å². The molecule has 14 heavy (non-hydrogen) atoms. The molecule has 0 radical (unpaired) electrons. The van der Waals surface area contributed by atoms with Gasteiger partial charge in [0.25, 0.3) is 0 Å². The molecule has 0 saturated carbocycles. The number of ether oxygens (including phenoxy) is 1. The van der Waals surface area contributed by atoms with E-state index >= 15 is 0 Å². The first-order chi connectivity index (χ1) is 6.60. The molecule has 1 aromatic rings. The number of carbonyl (C=O) groups is 1. The lowest BCUT2D eigenvalue weighted by atomic mass is 10.0. The molecular formula is C10H11BrO3. The fraction of sp³-hybridized carbons (Fsp3) is 0.300. The molecule has 3 nitrogen and oxygen atoms in total. The van der Waals surface area contributed by atoms with E-state index in [1.54, 1.807) is 12.1 Å². The quantitative estimate of drug-likeness (QED) is 0.907. The summed E-state index contributed by atoms with van der Waals surface area (Å²) in [6, 6.07) is 3.45. The van der Waals surface area contributed by atoms with Crippen LogP contribution in [0.25, 0.3) is 0 Å². The average molecular weight is 259 g/mol. The summed E-state index contributed by atoms with van der Waals surface area (Å²) < 4.78 is 5.85. The first-order valence-electron chi connectivity index (χ1n) is 4.19. The van der Waals surface area contributed by atoms with E-state index in [1.807, 2.05) is 6.92 Å². The zero-order valence-electron chi connectivity index (χ0n) is 8.00. The molecule has 4 heteroatoms.